The standard InChI is InChI=1S/C53H81N5O26/c1-32-45(54-33(2)59)52(83-43(30-78-35(4)61)47(32)80-37(6)63)76-27-25-74-23-21-72-19-17-70-15-13-56(9)50(66)41-12-11-40(58(68)69)29-42(41)51(67)57(10)14-16-71-18-20-73-22-24-75-26-28-77-53-46(55-34(3)60)49(82-39(8)65)48(81-38(7)64)44(84-53)31-79-36(5)62/h11-12,29,32,43-49,52-53H,13-28,30-31H2,1-10H3,(H,54,59)(H,55,60)/t32?,43-,44-,45-,46-,47-,48+,49-,52?,53?/m1/s1. The molecule has 0 spiro atoms. The second-order valence-corrected chi connectivity index (χ2v) is 19.1. The van der Waals surface area contributed by atoms with E-state index >= 15 is 0 Å². The zero-order chi connectivity index (χ0) is 62.3. The molecular formula is C53H81N5O26. The molecule has 3 rings (SSSR count). The fraction of sp³-hybridized carbons (Fsp3) is 0.717. The summed E-state index contributed by atoms with van der Waals surface area (Å²) in [6, 6.07) is 1.60. The van der Waals surface area contributed by atoms with Crippen molar-refractivity contribution in [1.82, 2.24) is 20.4 Å². The number of carbonyl (C=O) groups excluding carboxylic acids is 9. The largest absolute Gasteiger partial charge is 0.463 e. The van der Waals surface area contributed by atoms with Crippen LogP contribution in [0.3, 0.4) is 0 Å². The highest BCUT2D eigenvalue weighted by Crippen LogP contribution is 2.31. The van der Waals surface area contributed by atoms with Gasteiger partial charge in [-0.25, -0.2) is 0 Å². The van der Waals surface area contributed by atoms with Gasteiger partial charge in [0.05, 0.1) is 115 Å². The first-order valence-corrected chi connectivity index (χ1v) is 27.0. The summed E-state index contributed by atoms with van der Waals surface area (Å²) in [6.07, 6.45) is -7.55. The SMILES string of the molecule is CC(=O)N[C@H]1C(OCCOCCOCCOCCN(C)C(=O)c2ccc([N+](=O)[O-])cc2C(=O)N(C)CCOCCOCCOCCOC2O[C@H](COC(C)=O)[C@H](OC(C)=O)[C@H](OC(C)=O)[C@H]2NC(C)=O)O[C@H](COC(C)=O)[C@H](OC(C)=O)C1C. The fourth-order valence-electron chi connectivity index (χ4n) is 8.40. The van der Waals surface area contributed by atoms with Crippen molar-refractivity contribution < 1.29 is 119 Å². The van der Waals surface area contributed by atoms with Crippen LogP contribution >= 0.6 is 0 Å². The van der Waals surface area contributed by atoms with Gasteiger partial charge in [-0.1, -0.05) is 6.92 Å². The smallest absolute Gasteiger partial charge is 0.303 e. The summed E-state index contributed by atoms with van der Waals surface area (Å²) in [7, 11) is 2.96. The second-order valence-electron chi connectivity index (χ2n) is 19.1. The number of carbonyl (C=O) groups is 9. The molecule has 1 aromatic carbocycles. The summed E-state index contributed by atoms with van der Waals surface area (Å²) >= 11 is 0. The van der Waals surface area contributed by atoms with Crippen molar-refractivity contribution in [1.29, 1.82) is 0 Å². The molecule has 0 bridgehead atoms. The molecule has 0 saturated carbocycles. The Labute approximate surface area is 486 Å². The molecule has 10 atom stereocenters. The third-order valence-electron chi connectivity index (χ3n) is 12.3. The fourth-order valence-corrected chi connectivity index (χ4v) is 8.40. The molecule has 0 aromatic heterocycles. The van der Waals surface area contributed by atoms with Crippen LogP contribution in [0.2, 0.25) is 0 Å². The maximum atomic E-state index is 13.6. The lowest BCUT2D eigenvalue weighted by Gasteiger charge is -2.44. The molecule has 84 heavy (non-hydrogen) atoms. The Morgan fingerprint density at radius 3 is 1.29 bits per heavy atom. The summed E-state index contributed by atoms with van der Waals surface area (Å²) in [4.78, 5) is 124. The average Bonchev–Trinajstić information content (AvgIpc) is 1.96. The van der Waals surface area contributed by atoms with Crippen molar-refractivity contribution in [3.05, 3.63) is 39.4 Å². The summed E-state index contributed by atoms with van der Waals surface area (Å²) in [6.45, 7) is 11.5. The van der Waals surface area contributed by atoms with Gasteiger partial charge in [0.25, 0.3) is 17.5 Å². The molecule has 474 valence electrons. The summed E-state index contributed by atoms with van der Waals surface area (Å²) < 4.78 is 83.8. The Hall–Kier alpha value is -6.55. The highest BCUT2D eigenvalue weighted by Gasteiger charge is 2.51. The minimum Gasteiger partial charge on any atom is -0.463 e. The van der Waals surface area contributed by atoms with Gasteiger partial charge in [-0.3, -0.25) is 53.3 Å². The normalized spacial score (nSPS) is 21.9. The summed E-state index contributed by atoms with van der Waals surface area (Å²) in [5.41, 5.74) is -0.607. The van der Waals surface area contributed by atoms with Crippen molar-refractivity contribution in [3.8, 4) is 0 Å². The predicted octanol–water partition coefficient (Wildman–Crippen LogP) is -0.112. The van der Waals surface area contributed by atoms with E-state index in [2.05, 4.69) is 10.6 Å². The monoisotopic (exact) mass is 1200 g/mol. The van der Waals surface area contributed by atoms with Crippen LogP contribution in [-0.2, 0) is 105 Å². The highest BCUT2D eigenvalue weighted by molar-refractivity contribution is 6.07. The molecule has 2 heterocycles. The molecule has 31 heteroatoms. The molecule has 0 aliphatic carbocycles. The first-order valence-electron chi connectivity index (χ1n) is 27.0. The van der Waals surface area contributed by atoms with Crippen LogP contribution in [-0.4, -0.2) is 256 Å². The number of ether oxygens (including phenoxy) is 15. The van der Waals surface area contributed by atoms with Crippen LogP contribution in [0.4, 0.5) is 5.69 Å². The number of likely N-dealkylation sites (N-methyl/N-ethyl adjacent to an activating group) is 2. The first kappa shape index (κ1) is 71.7. The van der Waals surface area contributed by atoms with E-state index in [1.165, 1.54) is 64.6 Å². The average molecular weight is 1200 g/mol. The number of rotatable bonds is 38. The van der Waals surface area contributed by atoms with Crippen LogP contribution in [0.5, 0.6) is 0 Å². The Bertz CT molecular complexity index is 2310. The van der Waals surface area contributed by atoms with E-state index in [1.807, 2.05) is 0 Å². The Kier molecular flexibility index (Phi) is 32.8. The number of hydrogen-bond donors (Lipinski definition) is 2. The number of hydrogen-bond acceptors (Lipinski definition) is 26. The van der Waals surface area contributed by atoms with Gasteiger partial charge in [0.2, 0.25) is 11.8 Å². The van der Waals surface area contributed by atoms with Crippen LogP contribution in [0.15, 0.2) is 18.2 Å². The molecule has 1 aromatic rings. The number of non-ortho nitro benzene ring substituents is 1. The van der Waals surface area contributed by atoms with E-state index in [-0.39, 0.29) is 142 Å². The van der Waals surface area contributed by atoms with Crippen LogP contribution in [0.1, 0.15) is 76.1 Å². The molecule has 2 fully saturated rings. The lowest BCUT2D eigenvalue weighted by atomic mass is 9.88. The molecule has 2 aliphatic heterocycles. The third kappa shape index (κ3) is 26.2. The van der Waals surface area contributed by atoms with Gasteiger partial charge >= 0.3 is 29.8 Å². The predicted molar refractivity (Wildman–Crippen MR) is 285 cm³/mol. The number of benzene rings is 1. The van der Waals surface area contributed by atoms with Crippen molar-refractivity contribution in [2.45, 2.75) is 111 Å². The Morgan fingerprint density at radius 1 is 0.500 bits per heavy atom. The molecule has 2 saturated heterocycles. The second kappa shape index (κ2) is 38.4. The lowest BCUT2D eigenvalue weighted by molar-refractivity contribution is -0.384. The number of nitro groups is 1. The van der Waals surface area contributed by atoms with Gasteiger partial charge in [0.1, 0.15) is 37.6 Å². The van der Waals surface area contributed by atoms with E-state index in [9.17, 15) is 53.3 Å². The molecule has 2 N–H and O–H groups in total. The summed E-state index contributed by atoms with van der Waals surface area (Å²) in [5.74, 6) is -5.81. The highest BCUT2D eigenvalue weighted by atomic mass is 16.7. The number of amides is 4. The van der Waals surface area contributed by atoms with E-state index in [4.69, 9.17) is 71.1 Å². The van der Waals surface area contributed by atoms with E-state index in [0.717, 1.165) is 26.0 Å². The lowest BCUT2D eigenvalue weighted by Crippen LogP contribution is -2.66. The number of nitrogens with zero attached hydrogens (tertiary/aromatic N) is 3. The molecule has 4 amide bonds. The van der Waals surface area contributed by atoms with E-state index < -0.39 is 114 Å². The van der Waals surface area contributed by atoms with Crippen LogP contribution in [0.25, 0.3) is 0 Å². The Morgan fingerprint density at radius 2 is 0.869 bits per heavy atom. The van der Waals surface area contributed by atoms with Crippen molar-refractivity contribution >= 4 is 59.2 Å². The minimum absolute atomic E-state index is 0.0330. The third-order valence-corrected chi connectivity index (χ3v) is 12.3. The van der Waals surface area contributed by atoms with Gasteiger partial charge in [-0.2, -0.15) is 0 Å². The minimum atomic E-state index is -1.27. The van der Waals surface area contributed by atoms with Crippen LogP contribution < -0.4 is 10.6 Å². The van der Waals surface area contributed by atoms with E-state index in [0.29, 0.717) is 0 Å². The van der Waals surface area contributed by atoms with Gasteiger partial charge in [-0.15, -0.1) is 0 Å². The van der Waals surface area contributed by atoms with Crippen molar-refractivity contribution in [2.24, 2.45) is 5.92 Å². The van der Waals surface area contributed by atoms with Gasteiger partial charge in [0, 0.05) is 93.7 Å². The van der Waals surface area contributed by atoms with Crippen molar-refractivity contribution in [3.63, 3.8) is 0 Å². The number of nitrogens with one attached hydrogen (secondary N) is 2. The molecule has 2 aliphatic rings. The molecule has 3 unspecified atom stereocenters. The Balaban J connectivity index is 1.34. The quantitative estimate of drug-likeness (QED) is 0.0287. The number of esters is 5. The maximum Gasteiger partial charge on any atom is 0.303 e. The van der Waals surface area contributed by atoms with Gasteiger partial charge < -0.3 is 91.5 Å². The molecule has 0 radical (unpaired) electrons. The topological polar surface area (TPSA) is 366 Å². The number of nitro benzene ring substituents is 1. The van der Waals surface area contributed by atoms with E-state index in [1.54, 1.807) is 6.92 Å². The van der Waals surface area contributed by atoms with Gasteiger partial charge in [-0.05, 0) is 6.07 Å². The zero-order valence-corrected chi connectivity index (χ0v) is 49.2. The van der Waals surface area contributed by atoms with Crippen molar-refractivity contribution in [2.75, 3.05) is 133 Å². The van der Waals surface area contributed by atoms with Gasteiger partial charge in [0.15, 0.2) is 24.8 Å². The molecular weight excluding hydrogens is 1120 g/mol. The summed E-state index contributed by atoms with van der Waals surface area (Å²) in [5, 5.41) is 17.1. The van der Waals surface area contributed by atoms with Crippen LogP contribution in [0, 0.1) is 16.0 Å². The first-order chi connectivity index (χ1) is 39.9. The maximum absolute atomic E-state index is 13.6. The zero-order valence-electron chi connectivity index (χ0n) is 49.2. The molecule has 31 nitrogen and oxygen atoms in total.